The molecule has 0 aliphatic heterocycles. The van der Waals surface area contributed by atoms with Crippen molar-refractivity contribution in [3.05, 3.63) is 53.3 Å². The summed E-state index contributed by atoms with van der Waals surface area (Å²) in [6, 6.07) is 8.68. The summed E-state index contributed by atoms with van der Waals surface area (Å²) < 4.78 is 7.48. The first kappa shape index (κ1) is 15.1. The molecule has 2 aromatic heterocycles. The Morgan fingerprint density at radius 1 is 1.48 bits per heavy atom. The van der Waals surface area contributed by atoms with Crippen molar-refractivity contribution in [3.63, 3.8) is 0 Å². The molecule has 1 atom stereocenters. The molecule has 2 heterocycles. The summed E-state index contributed by atoms with van der Waals surface area (Å²) in [6.45, 7) is 2.04. The molecule has 0 aliphatic rings. The van der Waals surface area contributed by atoms with Gasteiger partial charge in [0.1, 0.15) is 5.75 Å². The van der Waals surface area contributed by atoms with Crippen LogP contribution in [0.25, 0.3) is 4.96 Å². The number of amides is 1. The number of hydrogen-bond donors (Lipinski definition) is 1. The molecule has 1 aromatic carbocycles. The lowest BCUT2D eigenvalue weighted by molar-refractivity contribution is -0.127. The molecule has 7 heteroatoms. The van der Waals surface area contributed by atoms with Crippen LogP contribution in [-0.4, -0.2) is 21.4 Å². The number of nitriles is 1. The second kappa shape index (κ2) is 6.50. The summed E-state index contributed by atoms with van der Waals surface area (Å²) in [7, 11) is 0. The van der Waals surface area contributed by atoms with E-state index in [-0.39, 0.29) is 5.91 Å². The van der Waals surface area contributed by atoms with E-state index in [1.165, 1.54) is 0 Å². The van der Waals surface area contributed by atoms with Crippen molar-refractivity contribution >= 4 is 22.2 Å². The maximum absolute atomic E-state index is 12.1. The third-order valence-electron chi connectivity index (χ3n) is 3.25. The lowest BCUT2D eigenvalue weighted by Gasteiger charge is -2.14. The maximum atomic E-state index is 12.1. The zero-order valence-electron chi connectivity index (χ0n) is 12.4. The largest absolute Gasteiger partial charge is 0.481 e. The number of nitrogens with zero attached hydrogens (tertiary/aromatic N) is 3. The van der Waals surface area contributed by atoms with Crippen molar-refractivity contribution in [2.24, 2.45) is 0 Å². The number of nitrogens with one attached hydrogen (secondary N) is 1. The standard InChI is InChI=1S/C16H14N4O2S/c1-11(22-14-4-2-12(8-17)3-5-14)15(21)18-9-13-10-20-6-7-23-16(20)19-13/h2-7,10-11H,9H2,1H3,(H,18,21). The van der Waals surface area contributed by atoms with Gasteiger partial charge in [0.25, 0.3) is 5.91 Å². The molecule has 0 saturated carbocycles. The van der Waals surface area contributed by atoms with Gasteiger partial charge in [0.05, 0.1) is 23.9 Å². The van der Waals surface area contributed by atoms with E-state index in [1.54, 1.807) is 42.5 Å². The van der Waals surface area contributed by atoms with E-state index in [0.29, 0.717) is 17.9 Å². The van der Waals surface area contributed by atoms with Gasteiger partial charge in [-0.1, -0.05) is 0 Å². The second-order valence-electron chi connectivity index (χ2n) is 4.94. The Morgan fingerprint density at radius 2 is 2.26 bits per heavy atom. The predicted molar refractivity (Wildman–Crippen MR) is 86.2 cm³/mol. The van der Waals surface area contributed by atoms with Crippen LogP contribution in [0.4, 0.5) is 0 Å². The molecule has 0 fully saturated rings. The van der Waals surface area contributed by atoms with E-state index in [1.807, 2.05) is 28.2 Å². The third kappa shape index (κ3) is 3.49. The smallest absolute Gasteiger partial charge is 0.261 e. The fraction of sp³-hybridized carbons (Fsp3) is 0.188. The van der Waals surface area contributed by atoms with Crippen molar-refractivity contribution in [1.82, 2.24) is 14.7 Å². The van der Waals surface area contributed by atoms with E-state index in [0.717, 1.165) is 10.7 Å². The summed E-state index contributed by atoms with van der Waals surface area (Å²) in [5.41, 5.74) is 1.35. The van der Waals surface area contributed by atoms with Gasteiger partial charge in [-0.15, -0.1) is 11.3 Å². The minimum Gasteiger partial charge on any atom is -0.481 e. The fourth-order valence-corrected chi connectivity index (χ4v) is 2.77. The van der Waals surface area contributed by atoms with E-state index in [9.17, 15) is 4.79 Å². The minimum absolute atomic E-state index is 0.217. The number of rotatable bonds is 5. The maximum Gasteiger partial charge on any atom is 0.261 e. The van der Waals surface area contributed by atoms with Crippen LogP contribution in [-0.2, 0) is 11.3 Å². The number of carbonyl (C=O) groups excluding carboxylic acids is 1. The molecule has 0 bridgehead atoms. The van der Waals surface area contributed by atoms with Gasteiger partial charge in [0.2, 0.25) is 0 Å². The molecule has 3 aromatic rings. The molecular weight excluding hydrogens is 312 g/mol. The molecule has 23 heavy (non-hydrogen) atoms. The highest BCUT2D eigenvalue weighted by Gasteiger charge is 2.15. The molecule has 116 valence electrons. The molecular formula is C16H14N4O2S. The Hall–Kier alpha value is -2.85. The normalized spacial score (nSPS) is 11.8. The van der Waals surface area contributed by atoms with E-state index < -0.39 is 6.10 Å². The first-order chi connectivity index (χ1) is 11.2. The van der Waals surface area contributed by atoms with Crippen LogP contribution in [0.2, 0.25) is 0 Å². The van der Waals surface area contributed by atoms with Crippen molar-refractivity contribution in [1.29, 1.82) is 5.26 Å². The van der Waals surface area contributed by atoms with Gasteiger partial charge >= 0.3 is 0 Å². The van der Waals surface area contributed by atoms with Crippen LogP contribution >= 0.6 is 11.3 Å². The highest BCUT2D eigenvalue weighted by Crippen LogP contribution is 2.14. The fourth-order valence-electron chi connectivity index (χ4n) is 2.05. The molecule has 1 N–H and O–H groups in total. The third-order valence-corrected chi connectivity index (χ3v) is 4.02. The molecule has 1 unspecified atom stereocenters. The van der Waals surface area contributed by atoms with Gasteiger partial charge in [0, 0.05) is 17.8 Å². The summed E-state index contributed by atoms with van der Waals surface area (Å²) >= 11 is 1.54. The quantitative estimate of drug-likeness (QED) is 0.780. The van der Waals surface area contributed by atoms with Crippen molar-refractivity contribution < 1.29 is 9.53 Å². The molecule has 0 spiro atoms. The van der Waals surface area contributed by atoms with Gasteiger partial charge in [-0.05, 0) is 31.2 Å². The van der Waals surface area contributed by atoms with E-state index >= 15 is 0 Å². The number of thiazole rings is 1. The van der Waals surface area contributed by atoms with Gasteiger partial charge in [-0.25, -0.2) is 4.98 Å². The lowest BCUT2D eigenvalue weighted by atomic mass is 10.2. The van der Waals surface area contributed by atoms with Crippen LogP contribution in [0.5, 0.6) is 5.75 Å². The lowest BCUT2D eigenvalue weighted by Crippen LogP contribution is -2.35. The van der Waals surface area contributed by atoms with E-state index in [2.05, 4.69) is 10.3 Å². The number of fused-ring (bicyclic) bond motifs is 1. The monoisotopic (exact) mass is 326 g/mol. The summed E-state index contributed by atoms with van der Waals surface area (Å²) in [5.74, 6) is 0.333. The van der Waals surface area contributed by atoms with Gasteiger partial charge < -0.3 is 10.1 Å². The average Bonchev–Trinajstić information content (AvgIpc) is 3.14. The highest BCUT2D eigenvalue weighted by molar-refractivity contribution is 7.15. The number of hydrogen-bond acceptors (Lipinski definition) is 5. The second-order valence-corrected chi connectivity index (χ2v) is 5.81. The molecule has 0 aliphatic carbocycles. The van der Waals surface area contributed by atoms with Crippen molar-refractivity contribution in [3.8, 4) is 11.8 Å². The Balaban J connectivity index is 1.54. The predicted octanol–water partition coefficient (Wildman–Crippen LogP) is 2.35. The molecule has 1 amide bonds. The zero-order chi connectivity index (χ0) is 16.2. The highest BCUT2D eigenvalue weighted by atomic mass is 32.1. The van der Waals surface area contributed by atoms with Gasteiger partial charge in [-0.2, -0.15) is 5.26 Å². The Kier molecular flexibility index (Phi) is 4.26. The van der Waals surface area contributed by atoms with Crippen LogP contribution in [0.15, 0.2) is 42.0 Å². The number of aromatic nitrogens is 2. The van der Waals surface area contributed by atoms with Crippen molar-refractivity contribution in [2.75, 3.05) is 0 Å². The van der Waals surface area contributed by atoms with Crippen molar-refractivity contribution in [2.45, 2.75) is 19.6 Å². The Labute approximate surface area is 137 Å². The molecule has 0 radical (unpaired) electrons. The summed E-state index contributed by atoms with van der Waals surface area (Å²) in [5, 5.41) is 13.5. The summed E-state index contributed by atoms with van der Waals surface area (Å²) in [6.07, 6.45) is 3.18. The topological polar surface area (TPSA) is 79.4 Å². The Bertz CT molecular complexity index is 832. The number of ether oxygens (including phenoxy) is 1. The first-order valence-corrected chi connectivity index (χ1v) is 7.89. The zero-order valence-corrected chi connectivity index (χ0v) is 13.2. The number of imidazole rings is 1. The van der Waals surface area contributed by atoms with E-state index in [4.69, 9.17) is 10.00 Å². The van der Waals surface area contributed by atoms with Gasteiger partial charge in [-0.3, -0.25) is 9.20 Å². The first-order valence-electron chi connectivity index (χ1n) is 7.01. The molecule has 6 nitrogen and oxygen atoms in total. The van der Waals surface area contributed by atoms with Crippen LogP contribution < -0.4 is 10.1 Å². The minimum atomic E-state index is -0.633. The molecule has 0 saturated heterocycles. The number of carbonyl (C=O) groups is 1. The van der Waals surface area contributed by atoms with Crippen LogP contribution in [0.3, 0.4) is 0 Å². The van der Waals surface area contributed by atoms with Gasteiger partial charge in [0.15, 0.2) is 11.1 Å². The van der Waals surface area contributed by atoms with Crippen LogP contribution in [0, 0.1) is 11.3 Å². The Morgan fingerprint density at radius 3 is 2.96 bits per heavy atom. The SMILES string of the molecule is CC(Oc1ccc(C#N)cc1)C(=O)NCc1cn2ccsc2n1. The average molecular weight is 326 g/mol. The van der Waals surface area contributed by atoms with Crippen LogP contribution in [0.1, 0.15) is 18.2 Å². The molecule has 3 rings (SSSR count). The number of benzene rings is 1. The summed E-state index contributed by atoms with van der Waals surface area (Å²) in [4.78, 5) is 17.4.